The molecule has 4 rings (SSSR count). The second-order valence-electron chi connectivity index (χ2n) is 10.7. The highest BCUT2D eigenvalue weighted by Gasteiger charge is 2.49. The van der Waals surface area contributed by atoms with E-state index in [2.05, 4.69) is 25.4 Å². The van der Waals surface area contributed by atoms with Crippen LogP contribution in [0.5, 0.6) is 0 Å². The van der Waals surface area contributed by atoms with E-state index in [9.17, 15) is 9.00 Å². The number of nitrogens with zero attached hydrogens (tertiary/aromatic N) is 4. The van der Waals surface area contributed by atoms with Gasteiger partial charge in [-0.25, -0.2) is 23.4 Å². The van der Waals surface area contributed by atoms with E-state index in [0.29, 0.717) is 27.9 Å². The average molecular weight is 563 g/mol. The number of amidine groups is 1. The fourth-order valence-corrected chi connectivity index (χ4v) is 5.79. The number of aromatic nitrogens is 3. The summed E-state index contributed by atoms with van der Waals surface area (Å²) in [5.74, 6) is -0.307. The summed E-state index contributed by atoms with van der Waals surface area (Å²) in [6, 6.07) is 5.84. The second kappa shape index (κ2) is 9.42. The number of nitrogens with one attached hydrogen (secondary N) is 2. The van der Waals surface area contributed by atoms with Gasteiger partial charge in [0.05, 0.1) is 20.5 Å². The molecule has 13 heteroatoms. The van der Waals surface area contributed by atoms with Crippen LogP contribution in [-0.2, 0) is 20.0 Å². The van der Waals surface area contributed by atoms with Crippen LogP contribution in [0.1, 0.15) is 47.1 Å². The molecule has 2 aromatic heterocycles. The molecule has 1 amide bonds. The van der Waals surface area contributed by atoms with Crippen molar-refractivity contribution in [1.29, 1.82) is 4.78 Å². The van der Waals surface area contributed by atoms with Crippen LogP contribution in [0.3, 0.4) is 0 Å². The van der Waals surface area contributed by atoms with Crippen LogP contribution in [-0.4, -0.2) is 47.4 Å². The fourth-order valence-electron chi connectivity index (χ4n) is 3.92. The molecule has 0 spiro atoms. The summed E-state index contributed by atoms with van der Waals surface area (Å²) in [7, 11) is -3.42. The first-order chi connectivity index (χ1) is 17.5. The number of rotatable bonds is 3. The Morgan fingerprint density at radius 1 is 1.21 bits per heavy atom. The summed E-state index contributed by atoms with van der Waals surface area (Å²) in [5, 5.41) is 6.91. The normalized spacial score (nSPS) is 23.0. The van der Waals surface area contributed by atoms with Gasteiger partial charge < -0.3 is 9.26 Å². The number of hydrogen-bond acceptors (Lipinski definition) is 9. The number of carbonyl (C=O) groups excluding carboxylic acids is 1. The molecule has 1 aromatic carbocycles. The third kappa shape index (κ3) is 5.41. The number of amides is 1. The Labute approximate surface area is 225 Å². The molecule has 0 saturated heterocycles. The van der Waals surface area contributed by atoms with Gasteiger partial charge >= 0.3 is 6.09 Å². The quantitative estimate of drug-likeness (QED) is 0.424. The van der Waals surface area contributed by atoms with Gasteiger partial charge in [0.15, 0.2) is 17.3 Å². The molecule has 3 aromatic rings. The molecular weight excluding hydrogens is 535 g/mol. The van der Waals surface area contributed by atoms with Crippen molar-refractivity contribution < 1.29 is 22.7 Å². The van der Waals surface area contributed by atoms with Gasteiger partial charge in [0.1, 0.15) is 27.5 Å². The van der Waals surface area contributed by atoms with Gasteiger partial charge in [-0.3, -0.25) is 15.1 Å². The van der Waals surface area contributed by atoms with Crippen LogP contribution in [0.15, 0.2) is 46.2 Å². The second-order valence-corrected chi connectivity index (χ2v) is 13.8. The number of ether oxygens (including phenoxy) is 1. The highest BCUT2D eigenvalue weighted by molar-refractivity contribution is 7.94. The molecule has 38 heavy (non-hydrogen) atoms. The molecule has 0 unspecified atom stereocenters. The zero-order valence-corrected chi connectivity index (χ0v) is 23.3. The molecule has 10 nitrogen and oxygen atoms in total. The van der Waals surface area contributed by atoms with Crippen LogP contribution in [0, 0.1) is 10.6 Å². The van der Waals surface area contributed by atoms with E-state index in [0.717, 1.165) is 0 Å². The van der Waals surface area contributed by atoms with E-state index in [1.165, 1.54) is 30.6 Å². The van der Waals surface area contributed by atoms with Crippen molar-refractivity contribution in [2.75, 3.05) is 5.75 Å². The van der Waals surface area contributed by atoms with E-state index < -0.39 is 37.5 Å². The third-order valence-corrected chi connectivity index (χ3v) is 9.05. The number of alkyl carbamates (subject to hydrolysis) is 1. The Hall–Kier alpha value is -3.38. The molecule has 2 atom stereocenters. The first-order valence-electron chi connectivity index (χ1n) is 11.6. The smallest absolute Gasteiger partial charge is 0.413 e. The lowest BCUT2D eigenvalue weighted by Crippen LogP contribution is -2.57. The summed E-state index contributed by atoms with van der Waals surface area (Å²) in [4.78, 5) is 25.4. The number of halogens is 2. The zero-order chi connectivity index (χ0) is 28.1. The van der Waals surface area contributed by atoms with Gasteiger partial charge in [-0.2, -0.15) is 0 Å². The summed E-state index contributed by atoms with van der Waals surface area (Å²) < 4.78 is 47.0. The van der Waals surface area contributed by atoms with E-state index in [1.807, 2.05) is 0 Å². The summed E-state index contributed by atoms with van der Waals surface area (Å²) in [6.45, 7) is 9.79. The molecule has 1 aliphatic heterocycles. The van der Waals surface area contributed by atoms with Gasteiger partial charge in [-0.05, 0) is 59.7 Å². The largest absolute Gasteiger partial charge is 0.444 e. The monoisotopic (exact) mass is 562 g/mol. The molecule has 1 aliphatic rings. The highest BCUT2D eigenvalue weighted by atomic mass is 35.5. The van der Waals surface area contributed by atoms with Crippen LogP contribution < -0.4 is 5.32 Å². The van der Waals surface area contributed by atoms with Gasteiger partial charge in [0.25, 0.3) is 0 Å². The maximum atomic E-state index is 15.3. The van der Waals surface area contributed by atoms with Gasteiger partial charge in [0, 0.05) is 29.6 Å². The predicted molar refractivity (Wildman–Crippen MR) is 142 cm³/mol. The number of hydrogen-bond donors (Lipinski definition) is 2. The van der Waals surface area contributed by atoms with Gasteiger partial charge in [-0.15, -0.1) is 0 Å². The molecule has 3 heterocycles. The molecule has 0 bridgehead atoms. The highest BCUT2D eigenvalue weighted by Crippen LogP contribution is 2.40. The average Bonchev–Trinajstić information content (AvgIpc) is 3.27. The van der Waals surface area contributed by atoms with Crippen molar-refractivity contribution in [3.05, 3.63) is 53.1 Å². The Bertz CT molecular complexity index is 1530. The molecule has 0 aliphatic carbocycles. The topological polar surface area (TPSA) is 143 Å². The third-order valence-electron chi connectivity index (χ3n) is 6.05. The lowest BCUT2D eigenvalue weighted by atomic mass is 9.91. The van der Waals surface area contributed by atoms with Crippen LogP contribution in [0.4, 0.5) is 9.18 Å². The Morgan fingerprint density at radius 3 is 2.50 bits per heavy atom. The van der Waals surface area contributed by atoms with Crippen molar-refractivity contribution in [2.24, 2.45) is 4.99 Å². The molecule has 2 N–H and O–H groups in total. The van der Waals surface area contributed by atoms with E-state index in [1.54, 1.807) is 47.6 Å². The Morgan fingerprint density at radius 2 is 1.87 bits per heavy atom. The van der Waals surface area contributed by atoms with E-state index in [4.69, 9.17) is 25.6 Å². The van der Waals surface area contributed by atoms with Crippen molar-refractivity contribution >= 4 is 33.3 Å². The van der Waals surface area contributed by atoms with Crippen molar-refractivity contribution in [1.82, 2.24) is 20.4 Å². The van der Waals surface area contributed by atoms with Gasteiger partial charge in [0.2, 0.25) is 0 Å². The number of carbonyl (C=O) groups is 1. The SMILES string of the molecule is CC(C)(C)OC(=O)NC1=N[C@](C)(c2cc(-c3cc(-c4ncc(Cl)cn4)no3)ccc2F)C[S@@](=N)(=O)C1(C)C. The van der Waals surface area contributed by atoms with Crippen molar-refractivity contribution in [3.63, 3.8) is 0 Å². The minimum absolute atomic E-state index is 0.0212. The Kier molecular flexibility index (Phi) is 6.86. The fraction of sp³-hybridized carbons (Fsp3) is 0.400. The Balaban J connectivity index is 1.75. The first-order valence-corrected chi connectivity index (χ1v) is 13.7. The number of aliphatic imine (C=N–C) groups is 1. The molecule has 202 valence electrons. The zero-order valence-electron chi connectivity index (χ0n) is 21.8. The first kappa shape index (κ1) is 27.6. The van der Waals surface area contributed by atoms with Gasteiger partial charge in [-0.1, -0.05) is 16.8 Å². The lowest BCUT2D eigenvalue weighted by Gasteiger charge is -2.41. The van der Waals surface area contributed by atoms with E-state index >= 15 is 4.39 Å². The maximum Gasteiger partial charge on any atom is 0.413 e. The summed E-state index contributed by atoms with van der Waals surface area (Å²) in [5.41, 5.74) is -1.34. The summed E-state index contributed by atoms with van der Waals surface area (Å²) in [6.07, 6.45) is 2.05. The lowest BCUT2D eigenvalue weighted by molar-refractivity contribution is 0.0560. The molecular formula is C25H28ClFN6O4S. The standard InChI is InChI=1S/C25H28ClFN6O4S/c1-23(2,3)36-22(34)31-21-24(4,5)38(28,35)13-25(6,32-21)16-9-14(7-8-17(16)27)19-10-18(33-37-19)20-29-11-15(26)12-30-20/h7-12,28H,13H2,1-6H3,(H,31,32,34)/t25-,38+/m0/s1. The van der Waals surface area contributed by atoms with Crippen LogP contribution in [0.25, 0.3) is 22.8 Å². The van der Waals surface area contributed by atoms with Crippen molar-refractivity contribution in [3.8, 4) is 22.8 Å². The molecule has 0 radical (unpaired) electrons. The summed E-state index contributed by atoms with van der Waals surface area (Å²) >= 11 is 5.84. The van der Waals surface area contributed by atoms with E-state index in [-0.39, 0.29) is 17.2 Å². The van der Waals surface area contributed by atoms with Crippen LogP contribution in [0.2, 0.25) is 5.02 Å². The minimum Gasteiger partial charge on any atom is -0.444 e. The number of benzene rings is 1. The maximum absolute atomic E-state index is 15.3. The molecule has 0 saturated carbocycles. The minimum atomic E-state index is -3.42. The molecule has 0 fully saturated rings. The van der Waals surface area contributed by atoms with Crippen LogP contribution >= 0.6 is 11.6 Å². The predicted octanol–water partition coefficient (Wildman–Crippen LogP) is 5.57. The van der Waals surface area contributed by atoms with Crippen molar-refractivity contribution in [2.45, 2.75) is 57.4 Å².